The Balaban J connectivity index is 1.53. The Morgan fingerprint density at radius 3 is 2.62 bits per heavy atom. The summed E-state index contributed by atoms with van der Waals surface area (Å²) in [6.45, 7) is 1.58. The summed E-state index contributed by atoms with van der Waals surface area (Å²) in [6.07, 6.45) is 0.828. The molecule has 0 bridgehead atoms. The third kappa shape index (κ3) is 3.86. The van der Waals surface area contributed by atoms with Crippen LogP contribution in [0.5, 0.6) is 11.5 Å². The molecule has 0 fully saturated rings. The molecule has 0 aliphatic carbocycles. The normalized spacial score (nSPS) is 16.4. The Labute approximate surface area is 142 Å². The third-order valence-corrected chi connectivity index (χ3v) is 3.99. The molecular formula is C19H22N2O3. The smallest absolute Gasteiger partial charge is 0.161 e. The summed E-state index contributed by atoms with van der Waals surface area (Å²) in [6, 6.07) is 16.1. The molecule has 5 nitrogen and oxygen atoms in total. The highest BCUT2D eigenvalue weighted by Gasteiger charge is 2.22. The highest BCUT2D eigenvalue weighted by Crippen LogP contribution is 2.29. The largest absolute Gasteiger partial charge is 0.493 e. The van der Waals surface area contributed by atoms with Crippen LogP contribution in [0.15, 0.2) is 53.7 Å². The zero-order valence-corrected chi connectivity index (χ0v) is 14.0. The van der Waals surface area contributed by atoms with Crippen LogP contribution >= 0.6 is 0 Å². The lowest BCUT2D eigenvalue weighted by Crippen LogP contribution is -2.26. The number of nitrogens with zero attached hydrogens (tertiary/aromatic N) is 1. The Hall–Kier alpha value is -2.53. The summed E-state index contributed by atoms with van der Waals surface area (Å²) in [5, 5.41) is 7.64. The summed E-state index contributed by atoms with van der Waals surface area (Å²) in [5.74, 6) is 1.41. The minimum atomic E-state index is 0.0526. The van der Waals surface area contributed by atoms with Gasteiger partial charge in [0.2, 0.25) is 0 Å². The Morgan fingerprint density at radius 1 is 1.08 bits per heavy atom. The van der Waals surface area contributed by atoms with Crippen LogP contribution in [-0.4, -0.2) is 32.6 Å². The highest BCUT2D eigenvalue weighted by molar-refractivity contribution is 6.01. The molecule has 0 radical (unpaired) electrons. The van der Waals surface area contributed by atoms with E-state index < -0.39 is 0 Å². The quantitative estimate of drug-likeness (QED) is 0.850. The van der Waals surface area contributed by atoms with Crippen molar-refractivity contribution in [3.63, 3.8) is 0 Å². The molecule has 3 rings (SSSR count). The molecular weight excluding hydrogens is 304 g/mol. The first-order valence-corrected chi connectivity index (χ1v) is 8.00. The van der Waals surface area contributed by atoms with E-state index in [4.69, 9.17) is 14.3 Å². The molecule has 1 heterocycles. The van der Waals surface area contributed by atoms with Crippen LogP contribution in [0.1, 0.15) is 17.5 Å². The fraction of sp³-hybridized carbons (Fsp3) is 0.316. The highest BCUT2D eigenvalue weighted by atomic mass is 16.6. The zero-order valence-electron chi connectivity index (χ0n) is 14.0. The van der Waals surface area contributed by atoms with Crippen LogP contribution < -0.4 is 14.8 Å². The van der Waals surface area contributed by atoms with E-state index in [9.17, 15) is 0 Å². The van der Waals surface area contributed by atoms with Gasteiger partial charge in [-0.2, -0.15) is 0 Å². The maximum absolute atomic E-state index is 5.54. The Kier molecular flexibility index (Phi) is 5.33. The van der Waals surface area contributed by atoms with E-state index in [0.717, 1.165) is 30.8 Å². The zero-order chi connectivity index (χ0) is 16.8. The molecule has 0 spiro atoms. The number of rotatable bonds is 7. The van der Waals surface area contributed by atoms with Crippen LogP contribution in [0, 0.1) is 0 Å². The van der Waals surface area contributed by atoms with Gasteiger partial charge >= 0.3 is 0 Å². The summed E-state index contributed by atoms with van der Waals surface area (Å²) < 4.78 is 10.6. The summed E-state index contributed by atoms with van der Waals surface area (Å²) in [4.78, 5) is 5.54. The van der Waals surface area contributed by atoms with Gasteiger partial charge in [-0.05, 0) is 23.8 Å². The first-order valence-electron chi connectivity index (χ1n) is 8.00. The Bertz CT molecular complexity index is 701. The molecule has 1 aliphatic rings. The molecule has 126 valence electrons. The molecule has 0 amide bonds. The first kappa shape index (κ1) is 16.3. The van der Waals surface area contributed by atoms with Crippen LogP contribution in [0.25, 0.3) is 0 Å². The molecule has 1 atom stereocenters. The van der Waals surface area contributed by atoms with E-state index >= 15 is 0 Å². The maximum Gasteiger partial charge on any atom is 0.161 e. The van der Waals surface area contributed by atoms with Gasteiger partial charge in [0.15, 0.2) is 11.5 Å². The lowest BCUT2D eigenvalue weighted by atomic mass is 10.0. The molecule has 0 saturated heterocycles. The number of hydrogen-bond acceptors (Lipinski definition) is 5. The number of ether oxygens (including phenoxy) is 2. The van der Waals surface area contributed by atoms with Crippen molar-refractivity contribution in [2.24, 2.45) is 5.16 Å². The maximum atomic E-state index is 5.54. The molecule has 0 saturated carbocycles. The first-order chi connectivity index (χ1) is 11.8. The van der Waals surface area contributed by atoms with Crippen molar-refractivity contribution in [2.45, 2.75) is 19.1 Å². The van der Waals surface area contributed by atoms with E-state index in [1.165, 1.54) is 5.56 Å². The number of methoxy groups -OCH3 is 2. The van der Waals surface area contributed by atoms with Gasteiger partial charge in [-0.25, -0.2) is 0 Å². The molecule has 24 heavy (non-hydrogen) atoms. The number of nitrogens with one attached hydrogen (secondary N) is 1. The summed E-state index contributed by atoms with van der Waals surface area (Å²) in [7, 11) is 3.26. The SMILES string of the molecule is COc1ccc(C2=NO[C@H](CNCc3ccccc3)C2)cc1OC. The standard InChI is InChI=1S/C19H22N2O3/c1-22-18-9-8-15(10-19(18)23-2)17-11-16(24-21-17)13-20-12-14-6-4-3-5-7-14/h3-10,16,20H,11-13H2,1-2H3/t16-/m0/s1. The molecule has 1 N–H and O–H groups in total. The van der Waals surface area contributed by atoms with Gasteiger partial charge < -0.3 is 19.6 Å². The van der Waals surface area contributed by atoms with Crippen molar-refractivity contribution in [1.29, 1.82) is 0 Å². The predicted molar refractivity (Wildman–Crippen MR) is 93.7 cm³/mol. The minimum Gasteiger partial charge on any atom is -0.493 e. The van der Waals surface area contributed by atoms with Gasteiger partial charge in [-0.1, -0.05) is 35.5 Å². The van der Waals surface area contributed by atoms with Crippen molar-refractivity contribution >= 4 is 5.71 Å². The fourth-order valence-electron chi connectivity index (χ4n) is 2.70. The van der Waals surface area contributed by atoms with E-state index in [1.54, 1.807) is 14.2 Å². The molecule has 0 aromatic heterocycles. The lowest BCUT2D eigenvalue weighted by Gasteiger charge is -2.10. The average Bonchev–Trinajstić information content (AvgIpc) is 3.11. The van der Waals surface area contributed by atoms with E-state index in [-0.39, 0.29) is 6.10 Å². The molecule has 0 unspecified atom stereocenters. The molecule has 2 aromatic rings. The molecule has 2 aromatic carbocycles. The van der Waals surface area contributed by atoms with Crippen LogP contribution in [-0.2, 0) is 11.4 Å². The van der Waals surface area contributed by atoms with Crippen molar-refractivity contribution in [1.82, 2.24) is 5.32 Å². The van der Waals surface area contributed by atoms with Gasteiger partial charge in [0.05, 0.1) is 19.9 Å². The third-order valence-electron chi connectivity index (χ3n) is 3.99. The lowest BCUT2D eigenvalue weighted by molar-refractivity contribution is 0.0848. The summed E-state index contributed by atoms with van der Waals surface area (Å²) in [5.41, 5.74) is 3.19. The van der Waals surface area contributed by atoms with Gasteiger partial charge in [0.1, 0.15) is 6.10 Å². The van der Waals surface area contributed by atoms with Crippen LogP contribution in [0.4, 0.5) is 0 Å². The van der Waals surface area contributed by atoms with Gasteiger partial charge in [0, 0.05) is 25.1 Å². The van der Waals surface area contributed by atoms with Gasteiger partial charge in [0.25, 0.3) is 0 Å². The van der Waals surface area contributed by atoms with E-state index in [0.29, 0.717) is 11.5 Å². The van der Waals surface area contributed by atoms with E-state index in [2.05, 4.69) is 22.6 Å². The van der Waals surface area contributed by atoms with Crippen molar-refractivity contribution < 1.29 is 14.3 Å². The average molecular weight is 326 g/mol. The fourth-order valence-corrected chi connectivity index (χ4v) is 2.70. The van der Waals surface area contributed by atoms with Crippen molar-refractivity contribution in [3.8, 4) is 11.5 Å². The second kappa shape index (κ2) is 7.84. The van der Waals surface area contributed by atoms with Crippen molar-refractivity contribution in [2.75, 3.05) is 20.8 Å². The monoisotopic (exact) mass is 326 g/mol. The summed E-state index contributed by atoms with van der Waals surface area (Å²) >= 11 is 0. The van der Waals surface area contributed by atoms with Gasteiger partial charge in [-0.3, -0.25) is 0 Å². The topological polar surface area (TPSA) is 52.1 Å². The van der Waals surface area contributed by atoms with Gasteiger partial charge in [-0.15, -0.1) is 0 Å². The second-order valence-electron chi connectivity index (χ2n) is 5.66. The van der Waals surface area contributed by atoms with E-state index in [1.807, 2.05) is 36.4 Å². The molecule has 5 heteroatoms. The van der Waals surface area contributed by atoms with Crippen LogP contribution in [0.2, 0.25) is 0 Å². The number of benzene rings is 2. The Morgan fingerprint density at radius 2 is 1.88 bits per heavy atom. The molecule has 1 aliphatic heterocycles. The van der Waals surface area contributed by atoms with Crippen molar-refractivity contribution in [3.05, 3.63) is 59.7 Å². The predicted octanol–water partition coefficient (Wildman–Crippen LogP) is 2.99. The van der Waals surface area contributed by atoms with Crippen LogP contribution in [0.3, 0.4) is 0 Å². The number of oxime groups is 1. The second-order valence-corrected chi connectivity index (χ2v) is 5.66. The number of hydrogen-bond donors (Lipinski definition) is 1. The minimum absolute atomic E-state index is 0.0526.